The van der Waals surface area contributed by atoms with Crippen molar-refractivity contribution in [3.63, 3.8) is 0 Å². The number of carbonyl (C=O) groups is 5. The Morgan fingerprint density at radius 2 is 1.26 bits per heavy atom. The fourth-order valence-corrected chi connectivity index (χ4v) is 7.27. The molecule has 2 bridgehead atoms. The molecule has 1 heterocycles. The molecule has 46 heavy (non-hydrogen) atoms. The van der Waals surface area contributed by atoms with Crippen LogP contribution >= 0.6 is 0 Å². The highest BCUT2D eigenvalue weighted by Crippen LogP contribution is 2.61. The first-order valence-corrected chi connectivity index (χ1v) is 16.1. The molecule has 1 N–H and O–H groups in total. The van der Waals surface area contributed by atoms with Crippen LogP contribution in [0.5, 0.6) is 0 Å². The van der Waals surface area contributed by atoms with E-state index in [0.717, 1.165) is 46.4 Å². The number of amides is 3. The molecule has 0 saturated carbocycles. The maximum Gasteiger partial charge on any atom is 0.338 e. The number of anilines is 1. The molecule has 9 nitrogen and oxygen atoms in total. The second-order valence-electron chi connectivity index (χ2n) is 12.2. The number of hydrogen-bond donors (Lipinski definition) is 1. The van der Waals surface area contributed by atoms with Gasteiger partial charge in [0.05, 0.1) is 24.0 Å². The van der Waals surface area contributed by atoms with Crippen LogP contribution in [0.15, 0.2) is 72.8 Å². The maximum atomic E-state index is 14.2. The van der Waals surface area contributed by atoms with E-state index in [1.54, 1.807) is 24.3 Å². The predicted octanol–water partition coefficient (Wildman–Crippen LogP) is 5.58. The summed E-state index contributed by atoms with van der Waals surface area (Å²) in [5.74, 6) is -4.28. The Hall–Kier alpha value is -4.79. The summed E-state index contributed by atoms with van der Waals surface area (Å²) in [6, 6.07) is 21.1. The van der Waals surface area contributed by atoms with Gasteiger partial charge in [-0.3, -0.25) is 19.3 Å². The van der Waals surface area contributed by atoms with Gasteiger partial charge in [0, 0.05) is 17.5 Å². The number of benzene rings is 3. The molecule has 3 aromatic carbocycles. The number of rotatable bonds is 12. The lowest BCUT2D eigenvalue weighted by molar-refractivity contribution is -0.160. The highest BCUT2D eigenvalue weighted by Gasteiger charge is 2.63. The first-order chi connectivity index (χ1) is 22.3. The molecule has 3 aliphatic carbocycles. The minimum atomic E-state index is -1.12. The molecule has 0 aromatic heterocycles. The van der Waals surface area contributed by atoms with Crippen molar-refractivity contribution >= 4 is 35.3 Å². The van der Waals surface area contributed by atoms with Crippen molar-refractivity contribution in [2.75, 3.05) is 18.5 Å². The monoisotopic (exact) mass is 622 g/mol. The van der Waals surface area contributed by atoms with Gasteiger partial charge in [-0.1, -0.05) is 81.6 Å². The number of likely N-dealkylation sites (tertiary alicyclic amines) is 1. The zero-order valence-electron chi connectivity index (χ0n) is 26.1. The fourth-order valence-electron chi connectivity index (χ4n) is 7.27. The van der Waals surface area contributed by atoms with Crippen molar-refractivity contribution in [1.29, 1.82) is 0 Å². The van der Waals surface area contributed by atoms with Crippen molar-refractivity contribution in [3.05, 3.63) is 101 Å². The lowest BCUT2D eigenvalue weighted by Gasteiger charge is -2.45. The highest BCUT2D eigenvalue weighted by molar-refractivity contribution is 6.10. The van der Waals surface area contributed by atoms with Crippen molar-refractivity contribution in [3.8, 4) is 0 Å². The zero-order chi connectivity index (χ0) is 32.4. The molecule has 1 saturated heterocycles. The van der Waals surface area contributed by atoms with Gasteiger partial charge >= 0.3 is 11.9 Å². The number of imide groups is 1. The highest BCUT2D eigenvalue weighted by atomic mass is 16.5. The molecular formula is C37H38N2O7. The summed E-state index contributed by atoms with van der Waals surface area (Å²) in [7, 11) is 0. The lowest BCUT2D eigenvalue weighted by Crippen LogP contribution is -2.47. The van der Waals surface area contributed by atoms with E-state index >= 15 is 0 Å². The van der Waals surface area contributed by atoms with Gasteiger partial charge in [0.15, 0.2) is 6.61 Å². The van der Waals surface area contributed by atoms with E-state index < -0.39 is 42.3 Å². The van der Waals surface area contributed by atoms with E-state index in [1.165, 1.54) is 0 Å². The van der Waals surface area contributed by atoms with Crippen LogP contribution in [0, 0.1) is 11.8 Å². The van der Waals surface area contributed by atoms with Crippen molar-refractivity contribution in [1.82, 2.24) is 4.90 Å². The van der Waals surface area contributed by atoms with Crippen LogP contribution in [0.2, 0.25) is 0 Å². The number of ether oxygens (including phenoxy) is 2. The van der Waals surface area contributed by atoms with Crippen LogP contribution in [-0.2, 0) is 28.7 Å². The smallest absolute Gasteiger partial charge is 0.338 e. The van der Waals surface area contributed by atoms with Crippen LogP contribution in [0.25, 0.3) is 0 Å². The Bertz CT molecular complexity index is 1550. The maximum absolute atomic E-state index is 14.2. The van der Waals surface area contributed by atoms with Gasteiger partial charge in [0.2, 0.25) is 11.8 Å². The topological polar surface area (TPSA) is 119 Å². The third-order valence-corrected chi connectivity index (χ3v) is 9.38. The Labute approximate surface area is 268 Å². The van der Waals surface area contributed by atoms with Gasteiger partial charge < -0.3 is 14.8 Å². The molecule has 4 aliphatic rings. The van der Waals surface area contributed by atoms with Crippen LogP contribution in [0.1, 0.15) is 90.4 Å². The molecule has 7 rings (SSSR count). The van der Waals surface area contributed by atoms with Crippen LogP contribution < -0.4 is 5.32 Å². The number of hydrogen-bond acceptors (Lipinski definition) is 7. The van der Waals surface area contributed by atoms with Gasteiger partial charge in [0.25, 0.3) is 5.91 Å². The van der Waals surface area contributed by atoms with Gasteiger partial charge in [-0.25, -0.2) is 9.59 Å². The van der Waals surface area contributed by atoms with Crippen LogP contribution in [0.4, 0.5) is 5.69 Å². The van der Waals surface area contributed by atoms with E-state index in [2.05, 4.69) is 5.32 Å². The molecule has 3 aromatic rings. The Kier molecular flexibility index (Phi) is 9.01. The Morgan fingerprint density at radius 1 is 0.739 bits per heavy atom. The number of nitrogens with one attached hydrogen (secondary N) is 1. The molecule has 3 amide bonds. The average Bonchev–Trinajstić information content (AvgIpc) is 3.34. The first-order valence-electron chi connectivity index (χ1n) is 16.1. The fraction of sp³-hybridized carbons (Fsp3) is 0.378. The minimum absolute atomic E-state index is 0.249. The summed E-state index contributed by atoms with van der Waals surface area (Å²) >= 11 is 0. The second kappa shape index (κ2) is 13.3. The summed E-state index contributed by atoms with van der Waals surface area (Å²) in [5, 5.41) is 2.65. The van der Waals surface area contributed by atoms with E-state index in [4.69, 9.17) is 9.47 Å². The van der Waals surface area contributed by atoms with Crippen LogP contribution in [-0.4, -0.2) is 53.8 Å². The van der Waals surface area contributed by atoms with Crippen molar-refractivity contribution in [2.24, 2.45) is 11.8 Å². The summed E-state index contributed by atoms with van der Waals surface area (Å²) in [4.78, 5) is 67.9. The van der Waals surface area contributed by atoms with E-state index in [-0.39, 0.29) is 30.1 Å². The Balaban J connectivity index is 1.15. The number of esters is 2. The number of carbonyl (C=O) groups excluding carboxylic acids is 5. The summed E-state index contributed by atoms with van der Waals surface area (Å²) in [6.45, 7) is 3.73. The van der Waals surface area contributed by atoms with Crippen molar-refractivity contribution in [2.45, 2.75) is 63.8 Å². The molecule has 0 unspecified atom stereocenters. The third kappa shape index (κ3) is 5.59. The van der Waals surface area contributed by atoms with Gasteiger partial charge in [-0.15, -0.1) is 0 Å². The number of nitrogens with zero attached hydrogens (tertiary/aromatic N) is 1. The molecule has 1 aliphatic heterocycles. The third-order valence-electron chi connectivity index (χ3n) is 9.38. The lowest BCUT2D eigenvalue weighted by atomic mass is 9.55. The minimum Gasteiger partial charge on any atom is -0.462 e. The molecule has 3 atom stereocenters. The molecule has 0 radical (unpaired) electrons. The molecule has 1 fully saturated rings. The Morgan fingerprint density at radius 3 is 1.76 bits per heavy atom. The number of unbranched alkanes of at least 4 members (excludes halogenated alkanes) is 2. The van der Waals surface area contributed by atoms with Crippen molar-refractivity contribution < 1.29 is 33.4 Å². The zero-order valence-corrected chi connectivity index (χ0v) is 26.1. The standard InChI is InChI=1S/C37H38N2O7/c1-3-5-15-28(37(44)46-21-29(40)38-23-18-16-22(17-19-23)36(43)45-20-6-4-2)39-34(41)32-30-24-11-7-8-12-25(24)31(33(32)35(39)42)27-14-10-9-13-26(27)30/h7-14,16-19,28,30-33H,3-6,15,20-21H2,1-2H3,(H,38,40)/t28-,30?,31?,32-,33+/m0/s1. The largest absolute Gasteiger partial charge is 0.462 e. The summed E-state index contributed by atoms with van der Waals surface area (Å²) in [5.41, 5.74) is 5.00. The average molecular weight is 623 g/mol. The van der Waals surface area contributed by atoms with E-state index in [9.17, 15) is 24.0 Å². The SMILES string of the molecule is CCCCOC(=O)c1ccc(NC(=O)COC(=O)[C@H](CCCC)N2C(=O)[C@@H]3C4c5ccccc5C(c5ccccc54)[C@@H]3C2=O)cc1. The van der Waals surface area contributed by atoms with Gasteiger partial charge in [0.1, 0.15) is 6.04 Å². The summed E-state index contributed by atoms with van der Waals surface area (Å²) < 4.78 is 10.6. The normalized spacial score (nSPS) is 21.2. The predicted molar refractivity (Wildman–Crippen MR) is 170 cm³/mol. The van der Waals surface area contributed by atoms with Gasteiger partial charge in [-0.2, -0.15) is 0 Å². The van der Waals surface area contributed by atoms with Crippen LogP contribution in [0.3, 0.4) is 0 Å². The molecule has 0 spiro atoms. The first kappa shape index (κ1) is 31.2. The quantitative estimate of drug-likeness (QED) is 0.159. The van der Waals surface area contributed by atoms with E-state index in [0.29, 0.717) is 24.3 Å². The molecule has 238 valence electrons. The van der Waals surface area contributed by atoms with E-state index in [1.807, 2.05) is 62.4 Å². The van der Waals surface area contributed by atoms with Gasteiger partial charge in [-0.05, 0) is 59.4 Å². The summed E-state index contributed by atoms with van der Waals surface area (Å²) in [6.07, 6.45) is 3.29. The molecular weight excluding hydrogens is 584 g/mol. The second-order valence-corrected chi connectivity index (χ2v) is 12.2. The molecule has 9 heteroatoms.